The third kappa shape index (κ3) is 3.80. The van der Waals surface area contributed by atoms with Gasteiger partial charge in [-0.2, -0.15) is 0 Å². The van der Waals surface area contributed by atoms with Crippen molar-refractivity contribution < 1.29 is 5.11 Å². The van der Waals surface area contributed by atoms with E-state index in [1.54, 1.807) is 0 Å². The summed E-state index contributed by atoms with van der Waals surface area (Å²) < 4.78 is 0. The van der Waals surface area contributed by atoms with E-state index in [-0.39, 0.29) is 11.5 Å². The molecule has 0 heterocycles. The molecule has 2 atom stereocenters. The van der Waals surface area contributed by atoms with E-state index in [2.05, 4.69) is 50.4 Å². The van der Waals surface area contributed by atoms with E-state index < -0.39 is 5.60 Å². The molecule has 0 bridgehead atoms. The molecule has 0 aliphatic heterocycles. The van der Waals surface area contributed by atoms with Gasteiger partial charge in [0.2, 0.25) is 0 Å². The van der Waals surface area contributed by atoms with Crippen molar-refractivity contribution in [3.8, 4) is 0 Å². The Balaban J connectivity index is 2.15. The fourth-order valence-corrected chi connectivity index (χ4v) is 3.01. The summed E-state index contributed by atoms with van der Waals surface area (Å²) in [4.78, 5) is 0. The summed E-state index contributed by atoms with van der Waals surface area (Å²) in [5.74, 6) is 0.261. The molecule has 1 saturated carbocycles. The third-order valence-corrected chi connectivity index (χ3v) is 4.13. The van der Waals surface area contributed by atoms with Crippen LogP contribution in [0.3, 0.4) is 0 Å². The number of nitrogens with one attached hydrogen (secondary N) is 1. The van der Waals surface area contributed by atoms with Gasteiger partial charge in [0, 0.05) is 18.0 Å². The van der Waals surface area contributed by atoms with Gasteiger partial charge in [-0.15, -0.1) is 0 Å². The SMILES string of the molecule is CC(C)(C)NCC1(O)CCCCC1c1ccccc1. The highest BCUT2D eigenvalue weighted by molar-refractivity contribution is 5.24. The Morgan fingerprint density at radius 1 is 1.21 bits per heavy atom. The van der Waals surface area contributed by atoms with Gasteiger partial charge in [0.05, 0.1) is 5.60 Å². The highest BCUT2D eigenvalue weighted by Gasteiger charge is 2.39. The molecule has 0 amide bonds. The first-order valence-corrected chi connectivity index (χ1v) is 7.43. The number of β-amino-alcohol motifs (C(OH)–C–C–N with tert-alkyl or cyclic N) is 1. The zero-order valence-electron chi connectivity index (χ0n) is 12.4. The molecule has 19 heavy (non-hydrogen) atoms. The van der Waals surface area contributed by atoms with Crippen LogP contribution in [0.25, 0.3) is 0 Å². The number of benzene rings is 1. The standard InChI is InChI=1S/C17H27NO/c1-16(2,3)18-13-17(19)12-8-7-11-15(17)14-9-5-4-6-10-14/h4-6,9-10,15,18-19H,7-8,11-13H2,1-3H3. The number of rotatable bonds is 3. The lowest BCUT2D eigenvalue weighted by atomic mass is 9.71. The zero-order chi connectivity index (χ0) is 13.9. The average Bonchev–Trinajstić information content (AvgIpc) is 2.37. The summed E-state index contributed by atoms with van der Waals surface area (Å²) in [6.45, 7) is 7.13. The Morgan fingerprint density at radius 3 is 2.53 bits per heavy atom. The third-order valence-electron chi connectivity index (χ3n) is 4.13. The molecule has 1 aromatic rings. The van der Waals surface area contributed by atoms with E-state index >= 15 is 0 Å². The Bertz CT molecular complexity index is 395. The molecule has 0 saturated heterocycles. The molecule has 0 spiro atoms. The lowest BCUT2D eigenvalue weighted by Crippen LogP contribution is -2.52. The van der Waals surface area contributed by atoms with Gasteiger partial charge in [-0.25, -0.2) is 0 Å². The second-order valence-electron chi connectivity index (χ2n) is 6.92. The first kappa shape index (κ1) is 14.5. The molecule has 1 aromatic carbocycles. The van der Waals surface area contributed by atoms with Crippen molar-refractivity contribution in [3.05, 3.63) is 35.9 Å². The van der Waals surface area contributed by atoms with E-state index in [1.165, 1.54) is 12.0 Å². The molecular weight excluding hydrogens is 234 g/mol. The minimum atomic E-state index is -0.604. The molecule has 2 N–H and O–H groups in total. The number of hydrogen-bond acceptors (Lipinski definition) is 2. The van der Waals surface area contributed by atoms with Crippen molar-refractivity contribution >= 4 is 0 Å². The van der Waals surface area contributed by atoms with E-state index in [0.29, 0.717) is 6.54 Å². The summed E-state index contributed by atoms with van der Waals surface area (Å²) >= 11 is 0. The van der Waals surface area contributed by atoms with Gasteiger partial charge >= 0.3 is 0 Å². The number of aliphatic hydroxyl groups is 1. The van der Waals surface area contributed by atoms with Crippen LogP contribution in [0, 0.1) is 0 Å². The molecule has 2 unspecified atom stereocenters. The van der Waals surface area contributed by atoms with Crippen LogP contribution in [0.1, 0.15) is 57.9 Å². The average molecular weight is 261 g/mol. The second kappa shape index (κ2) is 5.64. The molecule has 2 nitrogen and oxygen atoms in total. The molecule has 1 aliphatic rings. The van der Waals surface area contributed by atoms with E-state index in [4.69, 9.17) is 0 Å². The molecule has 0 aromatic heterocycles. The molecule has 106 valence electrons. The fraction of sp³-hybridized carbons (Fsp3) is 0.647. The fourth-order valence-electron chi connectivity index (χ4n) is 3.01. The highest BCUT2D eigenvalue weighted by atomic mass is 16.3. The van der Waals surface area contributed by atoms with Crippen molar-refractivity contribution in [1.82, 2.24) is 5.32 Å². The van der Waals surface area contributed by atoms with Crippen molar-refractivity contribution in [2.45, 2.75) is 63.5 Å². The maximum Gasteiger partial charge on any atom is 0.0839 e. The van der Waals surface area contributed by atoms with Crippen molar-refractivity contribution in [3.63, 3.8) is 0 Å². The topological polar surface area (TPSA) is 32.3 Å². The Morgan fingerprint density at radius 2 is 1.89 bits per heavy atom. The van der Waals surface area contributed by atoms with Crippen LogP contribution in [0.2, 0.25) is 0 Å². The monoisotopic (exact) mass is 261 g/mol. The van der Waals surface area contributed by atoms with Crippen LogP contribution in [-0.4, -0.2) is 22.8 Å². The molecule has 2 rings (SSSR count). The Kier molecular flexibility index (Phi) is 4.32. The summed E-state index contributed by atoms with van der Waals surface area (Å²) in [6, 6.07) is 10.5. The van der Waals surface area contributed by atoms with Crippen molar-refractivity contribution in [2.75, 3.05) is 6.54 Å². The first-order chi connectivity index (χ1) is 8.91. The Hall–Kier alpha value is -0.860. The second-order valence-corrected chi connectivity index (χ2v) is 6.92. The maximum absolute atomic E-state index is 11.1. The zero-order valence-corrected chi connectivity index (χ0v) is 12.4. The molecule has 2 heteroatoms. The van der Waals surface area contributed by atoms with E-state index in [0.717, 1.165) is 19.3 Å². The summed E-state index contributed by atoms with van der Waals surface area (Å²) in [5.41, 5.74) is 0.724. The van der Waals surface area contributed by atoms with Crippen LogP contribution >= 0.6 is 0 Å². The highest BCUT2D eigenvalue weighted by Crippen LogP contribution is 2.40. The van der Waals surface area contributed by atoms with Crippen molar-refractivity contribution in [1.29, 1.82) is 0 Å². The first-order valence-electron chi connectivity index (χ1n) is 7.43. The van der Waals surface area contributed by atoms with Gasteiger partial charge in [0.25, 0.3) is 0 Å². The van der Waals surface area contributed by atoms with Gasteiger partial charge in [-0.1, -0.05) is 43.2 Å². The lowest BCUT2D eigenvalue weighted by Gasteiger charge is -2.42. The number of hydrogen-bond donors (Lipinski definition) is 2. The lowest BCUT2D eigenvalue weighted by molar-refractivity contribution is -0.0202. The van der Waals surface area contributed by atoms with Crippen LogP contribution in [0.5, 0.6) is 0 Å². The predicted octanol–water partition coefficient (Wildman–Crippen LogP) is 3.46. The van der Waals surface area contributed by atoms with Crippen LogP contribution in [0.15, 0.2) is 30.3 Å². The van der Waals surface area contributed by atoms with Crippen molar-refractivity contribution in [2.24, 2.45) is 0 Å². The minimum absolute atomic E-state index is 0.0500. The smallest absolute Gasteiger partial charge is 0.0839 e. The van der Waals surface area contributed by atoms with Gasteiger partial charge in [-0.05, 0) is 39.2 Å². The maximum atomic E-state index is 11.1. The van der Waals surface area contributed by atoms with Gasteiger partial charge in [0.15, 0.2) is 0 Å². The molecule has 0 radical (unpaired) electrons. The van der Waals surface area contributed by atoms with Gasteiger partial charge < -0.3 is 10.4 Å². The summed E-state index contributed by atoms with van der Waals surface area (Å²) in [7, 11) is 0. The van der Waals surface area contributed by atoms with Crippen LogP contribution in [-0.2, 0) is 0 Å². The van der Waals surface area contributed by atoms with Crippen LogP contribution < -0.4 is 5.32 Å². The van der Waals surface area contributed by atoms with Gasteiger partial charge in [0.1, 0.15) is 0 Å². The normalized spacial score (nSPS) is 28.3. The van der Waals surface area contributed by atoms with E-state index in [9.17, 15) is 5.11 Å². The molecule has 1 fully saturated rings. The predicted molar refractivity (Wildman–Crippen MR) is 80.4 cm³/mol. The largest absolute Gasteiger partial charge is 0.388 e. The Labute approximate surface area is 117 Å². The minimum Gasteiger partial charge on any atom is -0.388 e. The van der Waals surface area contributed by atoms with E-state index in [1.807, 2.05) is 6.07 Å². The summed E-state index contributed by atoms with van der Waals surface area (Å²) in [5, 5.41) is 14.6. The molecular formula is C17H27NO. The van der Waals surface area contributed by atoms with Crippen LogP contribution in [0.4, 0.5) is 0 Å². The van der Waals surface area contributed by atoms with Gasteiger partial charge in [-0.3, -0.25) is 0 Å². The quantitative estimate of drug-likeness (QED) is 0.873. The summed E-state index contributed by atoms with van der Waals surface area (Å²) in [6.07, 6.45) is 4.34. The molecule has 1 aliphatic carbocycles.